The summed E-state index contributed by atoms with van der Waals surface area (Å²) in [6.45, 7) is 4.70. The molecule has 2 aliphatic rings. The zero-order valence-corrected chi connectivity index (χ0v) is 15.1. The van der Waals surface area contributed by atoms with E-state index < -0.39 is 5.41 Å². The van der Waals surface area contributed by atoms with E-state index in [2.05, 4.69) is 25.9 Å². The average molecular weight is 322 g/mol. The number of ether oxygens (including phenoxy) is 2. The molecule has 0 aromatic carbocycles. The molecule has 1 aliphatic heterocycles. The second-order valence-electron chi connectivity index (χ2n) is 6.70. The zero-order valence-electron chi connectivity index (χ0n) is 15.1. The molecule has 5 heteroatoms. The molecule has 130 valence electrons. The largest absolute Gasteiger partial charge is 0.501 e. The Balaban J connectivity index is 2.18. The molecule has 1 heterocycles. The second kappa shape index (κ2) is 7.39. The Bertz CT molecular complexity index is 474. The van der Waals surface area contributed by atoms with Crippen molar-refractivity contribution in [3.63, 3.8) is 0 Å². The van der Waals surface area contributed by atoms with Gasteiger partial charge in [0.2, 0.25) is 5.91 Å². The Morgan fingerprint density at radius 3 is 2.35 bits per heavy atom. The van der Waals surface area contributed by atoms with E-state index in [-0.39, 0.29) is 11.8 Å². The monoisotopic (exact) mass is 322 g/mol. The topological polar surface area (TPSA) is 42.0 Å². The van der Waals surface area contributed by atoms with Crippen LogP contribution >= 0.6 is 0 Å². The van der Waals surface area contributed by atoms with E-state index >= 15 is 0 Å². The van der Waals surface area contributed by atoms with Gasteiger partial charge in [-0.2, -0.15) is 0 Å². The molecular formula is C18H30N2O3. The van der Waals surface area contributed by atoms with Gasteiger partial charge < -0.3 is 19.3 Å². The Labute approximate surface area is 139 Å². The second-order valence-corrected chi connectivity index (χ2v) is 6.70. The Morgan fingerprint density at radius 1 is 1.26 bits per heavy atom. The van der Waals surface area contributed by atoms with Crippen molar-refractivity contribution in [2.45, 2.75) is 26.2 Å². The summed E-state index contributed by atoms with van der Waals surface area (Å²) in [5.41, 5.74) is -0.583. The lowest BCUT2D eigenvalue weighted by atomic mass is 9.77. The lowest BCUT2D eigenvalue weighted by Gasteiger charge is -2.32. The van der Waals surface area contributed by atoms with Crippen LogP contribution < -0.4 is 0 Å². The third-order valence-corrected chi connectivity index (χ3v) is 4.88. The van der Waals surface area contributed by atoms with E-state index in [0.717, 1.165) is 50.4 Å². The van der Waals surface area contributed by atoms with Crippen LogP contribution in [0.2, 0.25) is 0 Å². The fourth-order valence-corrected chi connectivity index (χ4v) is 3.58. The van der Waals surface area contributed by atoms with Gasteiger partial charge in [-0.25, -0.2) is 0 Å². The van der Waals surface area contributed by atoms with Crippen LogP contribution in [0.1, 0.15) is 26.2 Å². The molecule has 0 aromatic heterocycles. The predicted octanol–water partition coefficient (Wildman–Crippen LogP) is 2.26. The molecule has 0 N–H and O–H groups in total. The highest BCUT2D eigenvalue weighted by molar-refractivity contribution is 5.89. The Kier molecular flexibility index (Phi) is 5.74. The summed E-state index contributed by atoms with van der Waals surface area (Å²) in [5.74, 6) is 2.01. The summed E-state index contributed by atoms with van der Waals surface area (Å²) in [7, 11) is 7.46. The van der Waals surface area contributed by atoms with Gasteiger partial charge in [0.15, 0.2) is 0 Å². The number of amides is 1. The molecule has 1 aliphatic carbocycles. The number of methoxy groups -OCH3 is 2. The molecule has 1 saturated heterocycles. The molecule has 0 unspecified atom stereocenters. The molecule has 23 heavy (non-hydrogen) atoms. The van der Waals surface area contributed by atoms with Crippen LogP contribution in [-0.2, 0) is 14.3 Å². The summed E-state index contributed by atoms with van der Waals surface area (Å²) in [6, 6.07) is 0. The highest BCUT2D eigenvalue weighted by Crippen LogP contribution is 2.44. The van der Waals surface area contributed by atoms with Crippen LogP contribution in [0.25, 0.3) is 0 Å². The van der Waals surface area contributed by atoms with E-state index in [1.807, 2.05) is 17.1 Å². The first-order valence-corrected chi connectivity index (χ1v) is 8.45. The van der Waals surface area contributed by atoms with Crippen LogP contribution in [0, 0.1) is 11.3 Å². The van der Waals surface area contributed by atoms with Gasteiger partial charge in [0, 0.05) is 13.1 Å². The number of rotatable bonds is 7. The zero-order chi connectivity index (χ0) is 17.0. The van der Waals surface area contributed by atoms with Gasteiger partial charge in [-0.15, -0.1) is 0 Å². The fraction of sp³-hybridized carbons (Fsp3) is 0.722. The van der Waals surface area contributed by atoms with Crippen molar-refractivity contribution in [2.24, 2.45) is 11.3 Å². The third-order valence-electron chi connectivity index (χ3n) is 4.88. The van der Waals surface area contributed by atoms with Crippen LogP contribution in [-0.4, -0.2) is 63.7 Å². The van der Waals surface area contributed by atoms with Gasteiger partial charge in [-0.1, -0.05) is 6.92 Å². The summed E-state index contributed by atoms with van der Waals surface area (Å²) < 4.78 is 11.1. The number of hydrogen-bond donors (Lipinski definition) is 0. The molecule has 0 saturated carbocycles. The molecular weight excluding hydrogens is 292 g/mol. The molecule has 0 radical (unpaired) electrons. The van der Waals surface area contributed by atoms with Crippen molar-refractivity contribution in [1.82, 2.24) is 9.80 Å². The third kappa shape index (κ3) is 3.55. The smallest absolute Gasteiger partial charge is 0.236 e. The highest BCUT2D eigenvalue weighted by Gasteiger charge is 2.47. The van der Waals surface area contributed by atoms with Crippen molar-refractivity contribution in [3.8, 4) is 0 Å². The molecule has 5 nitrogen and oxygen atoms in total. The molecule has 1 amide bonds. The Morgan fingerprint density at radius 2 is 1.87 bits per heavy atom. The summed E-state index contributed by atoms with van der Waals surface area (Å²) in [4.78, 5) is 17.1. The van der Waals surface area contributed by atoms with Gasteiger partial charge in [-0.05, 0) is 52.1 Å². The maximum Gasteiger partial charge on any atom is 0.236 e. The first-order valence-electron chi connectivity index (χ1n) is 8.45. The van der Waals surface area contributed by atoms with Crippen LogP contribution in [0.5, 0.6) is 0 Å². The van der Waals surface area contributed by atoms with E-state index in [1.165, 1.54) is 0 Å². The van der Waals surface area contributed by atoms with Crippen molar-refractivity contribution in [3.05, 3.63) is 23.7 Å². The van der Waals surface area contributed by atoms with Gasteiger partial charge in [0.1, 0.15) is 11.5 Å². The minimum Gasteiger partial charge on any atom is -0.501 e. The molecule has 1 spiro atoms. The van der Waals surface area contributed by atoms with Crippen molar-refractivity contribution < 1.29 is 14.3 Å². The molecule has 2 rings (SSSR count). The quantitative estimate of drug-likeness (QED) is 0.721. The van der Waals surface area contributed by atoms with Crippen molar-refractivity contribution >= 4 is 5.91 Å². The normalized spacial score (nSPS) is 27.5. The van der Waals surface area contributed by atoms with Crippen molar-refractivity contribution in [1.29, 1.82) is 0 Å². The summed E-state index contributed by atoms with van der Waals surface area (Å²) in [5, 5.41) is 0. The maximum absolute atomic E-state index is 13.0. The Hall–Kier alpha value is -1.49. The van der Waals surface area contributed by atoms with Gasteiger partial charge in [0.05, 0.1) is 25.6 Å². The minimum atomic E-state index is -0.583. The predicted molar refractivity (Wildman–Crippen MR) is 90.8 cm³/mol. The van der Waals surface area contributed by atoms with Crippen LogP contribution in [0.15, 0.2) is 23.7 Å². The number of likely N-dealkylation sites (tertiary alicyclic amines) is 1. The summed E-state index contributed by atoms with van der Waals surface area (Å²) in [6.07, 6.45) is 6.74. The van der Waals surface area contributed by atoms with Gasteiger partial charge in [0.25, 0.3) is 0 Å². The van der Waals surface area contributed by atoms with E-state index in [1.54, 1.807) is 14.2 Å². The standard InChI is InChI=1S/C18H30N2O3/c1-6-14-15(22-4)12-18(13-16(14)23-5)8-11-20(17(18)21)10-7-9-19(2)3/h12-14H,6-11H2,1-5H3. The number of nitrogens with zero attached hydrogens (tertiary/aromatic N) is 2. The van der Waals surface area contributed by atoms with Gasteiger partial charge in [-0.3, -0.25) is 4.79 Å². The van der Waals surface area contributed by atoms with Gasteiger partial charge >= 0.3 is 0 Å². The van der Waals surface area contributed by atoms with E-state index in [0.29, 0.717) is 0 Å². The lowest BCUT2D eigenvalue weighted by Crippen LogP contribution is -2.36. The maximum atomic E-state index is 13.0. The molecule has 1 fully saturated rings. The van der Waals surface area contributed by atoms with E-state index in [4.69, 9.17) is 9.47 Å². The fourth-order valence-electron chi connectivity index (χ4n) is 3.58. The minimum absolute atomic E-state index is 0.117. The molecule has 0 bridgehead atoms. The lowest BCUT2D eigenvalue weighted by molar-refractivity contribution is -0.132. The first kappa shape index (κ1) is 17.9. The summed E-state index contributed by atoms with van der Waals surface area (Å²) >= 11 is 0. The number of carbonyl (C=O) groups excluding carboxylic acids is 1. The number of hydrogen-bond acceptors (Lipinski definition) is 4. The average Bonchev–Trinajstić information content (AvgIpc) is 2.83. The SMILES string of the molecule is CCC1C(OC)=CC2(C=C1OC)CCN(CCCN(C)C)C2=O. The first-order chi connectivity index (χ1) is 11.0. The van der Waals surface area contributed by atoms with Crippen LogP contribution in [0.4, 0.5) is 0 Å². The van der Waals surface area contributed by atoms with Crippen LogP contribution in [0.3, 0.4) is 0 Å². The molecule has 0 aromatic rings. The van der Waals surface area contributed by atoms with Crippen molar-refractivity contribution in [2.75, 3.05) is 47.9 Å². The number of carbonyl (C=O) groups is 1. The van der Waals surface area contributed by atoms with E-state index in [9.17, 15) is 4.79 Å². The highest BCUT2D eigenvalue weighted by atomic mass is 16.5. The molecule has 0 atom stereocenters.